The van der Waals surface area contributed by atoms with E-state index in [-0.39, 0.29) is 5.91 Å². The normalized spacial score (nSPS) is 10.3. The van der Waals surface area contributed by atoms with Gasteiger partial charge in [-0.05, 0) is 31.9 Å². The number of furan rings is 1. The van der Waals surface area contributed by atoms with Crippen molar-refractivity contribution in [2.24, 2.45) is 0 Å². The second-order valence-electron chi connectivity index (χ2n) is 4.42. The summed E-state index contributed by atoms with van der Waals surface area (Å²) in [6, 6.07) is 10.1. The first kappa shape index (κ1) is 12.4. The molecule has 1 aromatic carbocycles. The minimum atomic E-state index is -0.149. The Morgan fingerprint density at radius 1 is 1.17 bits per heavy atom. The number of benzene rings is 1. The Morgan fingerprint density at radius 3 is 2.50 bits per heavy atom. The van der Waals surface area contributed by atoms with Gasteiger partial charge in [-0.3, -0.25) is 4.79 Å². The molecule has 0 saturated carbocycles. The smallest absolute Gasteiger partial charge is 0.287 e. The summed E-state index contributed by atoms with van der Waals surface area (Å²) in [7, 11) is 0. The fourth-order valence-corrected chi connectivity index (χ4v) is 1.76. The number of aryl methyl sites for hydroxylation is 2. The first-order valence-corrected chi connectivity index (χ1v) is 6.04. The molecule has 2 aromatic rings. The van der Waals surface area contributed by atoms with E-state index in [1.165, 1.54) is 17.4 Å². The molecule has 0 aliphatic rings. The van der Waals surface area contributed by atoms with Crippen LogP contribution in [-0.2, 0) is 6.42 Å². The van der Waals surface area contributed by atoms with E-state index in [9.17, 15) is 4.79 Å². The summed E-state index contributed by atoms with van der Waals surface area (Å²) in [5, 5.41) is 2.86. The lowest BCUT2D eigenvalue weighted by atomic mass is 10.1. The molecule has 18 heavy (non-hydrogen) atoms. The standard InChI is InChI=1S/C15H17NO2/c1-11-3-5-13(6-4-11)7-9-16-15(17)14-12(2)8-10-18-14/h3-6,8,10H,7,9H2,1-2H3,(H,16,17). The Bertz CT molecular complexity index is 526. The van der Waals surface area contributed by atoms with Crippen LogP contribution in [0.25, 0.3) is 0 Å². The van der Waals surface area contributed by atoms with Crippen LogP contribution in [0.5, 0.6) is 0 Å². The van der Waals surface area contributed by atoms with E-state index in [1.807, 2.05) is 6.92 Å². The summed E-state index contributed by atoms with van der Waals surface area (Å²) in [6.07, 6.45) is 2.36. The maximum atomic E-state index is 11.8. The molecular formula is C15H17NO2. The molecule has 1 heterocycles. The van der Waals surface area contributed by atoms with E-state index in [4.69, 9.17) is 4.42 Å². The molecule has 0 atom stereocenters. The molecule has 3 nitrogen and oxygen atoms in total. The van der Waals surface area contributed by atoms with Crippen molar-refractivity contribution in [3.8, 4) is 0 Å². The lowest BCUT2D eigenvalue weighted by Gasteiger charge is -2.04. The van der Waals surface area contributed by atoms with Crippen LogP contribution < -0.4 is 5.32 Å². The van der Waals surface area contributed by atoms with Crippen molar-refractivity contribution in [2.45, 2.75) is 20.3 Å². The summed E-state index contributed by atoms with van der Waals surface area (Å²) in [4.78, 5) is 11.8. The van der Waals surface area contributed by atoms with Gasteiger partial charge in [0.1, 0.15) is 0 Å². The van der Waals surface area contributed by atoms with Crippen molar-refractivity contribution in [1.82, 2.24) is 5.32 Å². The zero-order valence-corrected chi connectivity index (χ0v) is 10.7. The van der Waals surface area contributed by atoms with Crippen molar-refractivity contribution in [3.05, 3.63) is 59.0 Å². The number of amides is 1. The van der Waals surface area contributed by atoms with Gasteiger partial charge in [-0.2, -0.15) is 0 Å². The summed E-state index contributed by atoms with van der Waals surface area (Å²) >= 11 is 0. The molecule has 0 radical (unpaired) electrons. The van der Waals surface area contributed by atoms with Gasteiger partial charge in [0.05, 0.1) is 6.26 Å². The highest BCUT2D eigenvalue weighted by molar-refractivity contribution is 5.92. The fourth-order valence-electron chi connectivity index (χ4n) is 1.76. The topological polar surface area (TPSA) is 42.2 Å². The Morgan fingerprint density at radius 2 is 1.89 bits per heavy atom. The third kappa shape index (κ3) is 3.00. The maximum Gasteiger partial charge on any atom is 0.287 e. The predicted molar refractivity (Wildman–Crippen MR) is 70.7 cm³/mol. The molecule has 94 valence electrons. The average molecular weight is 243 g/mol. The van der Waals surface area contributed by atoms with Gasteiger partial charge in [0, 0.05) is 12.1 Å². The second-order valence-corrected chi connectivity index (χ2v) is 4.42. The van der Waals surface area contributed by atoms with Crippen molar-refractivity contribution < 1.29 is 9.21 Å². The molecule has 0 spiro atoms. The number of carbonyl (C=O) groups is 1. The number of carbonyl (C=O) groups excluding carboxylic acids is 1. The minimum Gasteiger partial charge on any atom is -0.459 e. The third-order valence-electron chi connectivity index (χ3n) is 2.89. The van der Waals surface area contributed by atoms with E-state index in [1.54, 1.807) is 6.07 Å². The summed E-state index contributed by atoms with van der Waals surface area (Å²) in [5.74, 6) is 0.253. The van der Waals surface area contributed by atoms with Gasteiger partial charge in [-0.15, -0.1) is 0 Å². The van der Waals surface area contributed by atoms with Crippen LogP contribution in [0.3, 0.4) is 0 Å². The SMILES string of the molecule is Cc1ccc(CCNC(=O)c2occc2C)cc1. The lowest BCUT2D eigenvalue weighted by molar-refractivity contribution is 0.0925. The zero-order chi connectivity index (χ0) is 13.0. The van der Waals surface area contributed by atoms with Crippen molar-refractivity contribution in [2.75, 3.05) is 6.54 Å². The highest BCUT2D eigenvalue weighted by Crippen LogP contribution is 2.08. The zero-order valence-electron chi connectivity index (χ0n) is 10.7. The first-order valence-electron chi connectivity index (χ1n) is 6.04. The summed E-state index contributed by atoms with van der Waals surface area (Å²) in [5.41, 5.74) is 3.33. The molecule has 0 fully saturated rings. The third-order valence-corrected chi connectivity index (χ3v) is 2.89. The molecule has 1 amide bonds. The molecule has 3 heteroatoms. The first-order chi connectivity index (χ1) is 8.66. The molecule has 0 aliphatic heterocycles. The highest BCUT2D eigenvalue weighted by atomic mass is 16.3. The van der Waals surface area contributed by atoms with Crippen LogP contribution in [0.2, 0.25) is 0 Å². The van der Waals surface area contributed by atoms with E-state index < -0.39 is 0 Å². The number of rotatable bonds is 4. The van der Waals surface area contributed by atoms with Crippen LogP contribution in [0, 0.1) is 13.8 Å². The second kappa shape index (κ2) is 5.54. The Kier molecular flexibility index (Phi) is 3.82. The molecule has 0 unspecified atom stereocenters. The minimum absolute atomic E-state index is 0.149. The maximum absolute atomic E-state index is 11.8. The van der Waals surface area contributed by atoms with Crippen molar-refractivity contribution >= 4 is 5.91 Å². The number of hydrogen-bond donors (Lipinski definition) is 1. The molecular weight excluding hydrogens is 226 g/mol. The molecule has 0 saturated heterocycles. The van der Waals surface area contributed by atoms with Crippen LogP contribution in [0.4, 0.5) is 0 Å². The van der Waals surface area contributed by atoms with E-state index in [2.05, 4.69) is 36.5 Å². The van der Waals surface area contributed by atoms with Crippen LogP contribution in [0.1, 0.15) is 27.2 Å². The van der Waals surface area contributed by atoms with E-state index in [0.29, 0.717) is 12.3 Å². The summed E-state index contributed by atoms with van der Waals surface area (Å²) in [6.45, 7) is 4.53. The Labute approximate surface area is 107 Å². The van der Waals surface area contributed by atoms with Gasteiger partial charge in [-0.1, -0.05) is 29.8 Å². The monoisotopic (exact) mass is 243 g/mol. The lowest BCUT2D eigenvalue weighted by Crippen LogP contribution is -2.25. The Hall–Kier alpha value is -2.03. The van der Waals surface area contributed by atoms with Gasteiger partial charge >= 0.3 is 0 Å². The molecule has 2 rings (SSSR count). The quantitative estimate of drug-likeness (QED) is 0.897. The van der Waals surface area contributed by atoms with Gasteiger partial charge < -0.3 is 9.73 Å². The highest BCUT2D eigenvalue weighted by Gasteiger charge is 2.11. The van der Waals surface area contributed by atoms with Crippen LogP contribution in [-0.4, -0.2) is 12.5 Å². The number of nitrogens with one attached hydrogen (secondary N) is 1. The van der Waals surface area contributed by atoms with E-state index >= 15 is 0 Å². The molecule has 0 aliphatic carbocycles. The largest absolute Gasteiger partial charge is 0.459 e. The number of hydrogen-bond acceptors (Lipinski definition) is 2. The van der Waals surface area contributed by atoms with Crippen LogP contribution >= 0.6 is 0 Å². The molecule has 0 bridgehead atoms. The van der Waals surface area contributed by atoms with Crippen molar-refractivity contribution in [1.29, 1.82) is 0 Å². The molecule has 1 aromatic heterocycles. The molecule has 1 N–H and O–H groups in total. The fraction of sp³-hybridized carbons (Fsp3) is 0.267. The van der Waals surface area contributed by atoms with Gasteiger partial charge in [0.15, 0.2) is 5.76 Å². The van der Waals surface area contributed by atoms with Crippen molar-refractivity contribution in [3.63, 3.8) is 0 Å². The van der Waals surface area contributed by atoms with Gasteiger partial charge in [0.25, 0.3) is 5.91 Å². The predicted octanol–water partition coefficient (Wildman–Crippen LogP) is 2.87. The average Bonchev–Trinajstić information content (AvgIpc) is 2.78. The van der Waals surface area contributed by atoms with E-state index in [0.717, 1.165) is 12.0 Å². The van der Waals surface area contributed by atoms with Gasteiger partial charge in [0.2, 0.25) is 0 Å². The van der Waals surface area contributed by atoms with Gasteiger partial charge in [-0.25, -0.2) is 0 Å². The summed E-state index contributed by atoms with van der Waals surface area (Å²) < 4.78 is 5.13. The Balaban J connectivity index is 1.84. The van der Waals surface area contributed by atoms with Crippen LogP contribution in [0.15, 0.2) is 41.0 Å².